The number of nitrogens with zero attached hydrogens (tertiary/aromatic N) is 3. The van der Waals surface area contributed by atoms with E-state index in [-0.39, 0.29) is 11.7 Å². The molecule has 3 aromatic carbocycles. The van der Waals surface area contributed by atoms with Crippen molar-refractivity contribution in [3.05, 3.63) is 101 Å². The van der Waals surface area contributed by atoms with Gasteiger partial charge in [-0.25, -0.2) is 0 Å². The third kappa shape index (κ3) is 4.96. The van der Waals surface area contributed by atoms with Gasteiger partial charge in [0.25, 0.3) is 5.69 Å². The van der Waals surface area contributed by atoms with Crippen LogP contribution in [0.2, 0.25) is 0 Å². The number of benzene rings is 3. The molecule has 1 fully saturated rings. The highest BCUT2D eigenvalue weighted by Gasteiger charge is 2.28. The van der Waals surface area contributed by atoms with Crippen molar-refractivity contribution in [1.29, 1.82) is 0 Å². The van der Waals surface area contributed by atoms with Crippen LogP contribution in [0.1, 0.15) is 5.56 Å². The molecule has 1 atom stereocenters. The van der Waals surface area contributed by atoms with Gasteiger partial charge in [0.1, 0.15) is 12.4 Å². The Bertz CT molecular complexity index is 948. The number of hydrogen-bond donors (Lipinski definition) is 0. The number of rotatable bonds is 7. The molecular weight excluding hydrogens is 378 g/mol. The summed E-state index contributed by atoms with van der Waals surface area (Å²) >= 11 is 0. The molecular formula is C24H25N3O3. The van der Waals surface area contributed by atoms with Gasteiger partial charge in [-0.2, -0.15) is 0 Å². The molecule has 1 aliphatic heterocycles. The number of anilines is 1. The van der Waals surface area contributed by atoms with Crippen LogP contribution < -0.4 is 9.64 Å². The lowest BCUT2D eigenvalue weighted by molar-refractivity contribution is -0.384. The number of non-ortho nitro benzene ring substituents is 1. The highest BCUT2D eigenvalue weighted by atomic mass is 16.6. The first-order valence-electron chi connectivity index (χ1n) is 10.1. The van der Waals surface area contributed by atoms with Gasteiger partial charge in [-0.3, -0.25) is 15.0 Å². The highest BCUT2D eigenvalue weighted by molar-refractivity contribution is 5.46. The highest BCUT2D eigenvalue weighted by Crippen LogP contribution is 2.22. The third-order valence-corrected chi connectivity index (χ3v) is 5.44. The summed E-state index contributed by atoms with van der Waals surface area (Å²) < 4.78 is 6.04. The van der Waals surface area contributed by atoms with Crippen molar-refractivity contribution in [1.82, 2.24) is 4.90 Å². The quantitative estimate of drug-likeness (QED) is 0.433. The molecule has 0 bridgehead atoms. The van der Waals surface area contributed by atoms with Gasteiger partial charge in [0, 0.05) is 44.0 Å². The van der Waals surface area contributed by atoms with Crippen LogP contribution in [-0.2, 0) is 6.54 Å². The van der Waals surface area contributed by atoms with E-state index in [1.54, 1.807) is 12.1 Å². The summed E-state index contributed by atoms with van der Waals surface area (Å²) in [5.74, 6) is 0.650. The molecule has 30 heavy (non-hydrogen) atoms. The standard InChI is InChI=1S/C24H25N3O3/c28-27(29)22-11-13-24(14-12-22)30-19-23-18-26(21-9-5-2-6-10-21)16-15-25(23)17-20-7-3-1-4-8-20/h1-14,23H,15-19H2. The largest absolute Gasteiger partial charge is 0.492 e. The second-order valence-corrected chi connectivity index (χ2v) is 7.45. The number of nitro groups is 1. The van der Waals surface area contributed by atoms with E-state index >= 15 is 0 Å². The van der Waals surface area contributed by atoms with Crippen LogP contribution in [-0.4, -0.2) is 42.1 Å². The third-order valence-electron chi connectivity index (χ3n) is 5.44. The van der Waals surface area contributed by atoms with Crippen LogP contribution in [0.5, 0.6) is 5.75 Å². The van der Waals surface area contributed by atoms with E-state index in [1.807, 2.05) is 12.1 Å². The molecule has 4 rings (SSSR count). The maximum atomic E-state index is 10.9. The van der Waals surface area contributed by atoms with Gasteiger partial charge in [-0.15, -0.1) is 0 Å². The van der Waals surface area contributed by atoms with Gasteiger partial charge in [0.15, 0.2) is 0 Å². The second kappa shape index (κ2) is 9.41. The van der Waals surface area contributed by atoms with E-state index in [4.69, 9.17) is 4.74 Å². The summed E-state index contributed by atoms with van der Waals surface area (Å²) in [6, 6.07) is 27.4. The van der Waals surface area contributed by atoms with Gasteiger partial charge in [0.2, 0.25) is 0 Å². The van der Waals surface area contributed by atoms with Gasteiger partial charge < -0.3 is 9.64 Å². The zero-order valence-electron chi connectivity index (χ0n) is 16.8. The molecule has 0 aromatic heterocycles. The average Bonchev–Trinajstić information content (AvgIpc) is 2.80. The van der Waals surface area contributed by atoms with E-state index in [1.165, 1.54) is 23.4 Å². The predicted molar refractivity (Wildman–Crippen MR) is 118 cm³/mol. The SMILES string of the molecule is O=[N+]([O-])c1ccc(OCC2CN(c3ccccc3)CCN2Cc2ccccc2)cc1. The lowest BCUT2D eigenvalue weighted by Gasteiger charge is -2.42. The van der Waals surface area contributed by atoms with Crippen molar-refractivity contribution >= 4 is 11.4 Å². The number of hydrogen-bond acceptors (Lipinski definition) is 5. The minimum atomic E-state index is -0.399. The Morgan fingerprint density at radius 3 is 2.23 bits per heavy atom. The Hall–Kier alpha value is -3.38. The molecule has 154 valence electrons. The van der Waals surface area contributed by atoms with Crippen molar-refractivity contribution < 1.29 is 9.66 Å². The molecule has 0 N–H and O–H groups in total. The molecule has 1 saturated heterocycles. The van der Waals surface area contributed by atoms with Crippen LogP contribution in [0.15, 0.2) is 84.9 Å². The van der Waals surface area contributed by atoms with E-state index in [0.29, 0.717) is 12.4 Å². The minimum absolute atomic E-state index is 0.0703. The molecule has 1 heterocycles. The fraction of sp³-hybridized carbons (Fsp3) is 0.250. The Morgan fingerprint density at radius 1 is 0.900 bits per heavy atom. The van der Waals surface area contributed by atoms with E-state index in [2.05, 4.69) is 58.3 Å². The maximum Gasteiger partial charge on any atom is 0.269 e. The number of ether oxygens (including phenoxy) is 1. The molecule has 0 spiro atoms. The lowest BCUT2D eigenvalue weighted by Crippen LogP contribution is -2.55. The first kappa shape index (κ1) is 19.9. The normalized spacial score (nSPS) is 16.9. The Balaban J connectivity index is 1.46. The van der Waals surface area contributed by atoms with Crippen LogP contribution in [0.4, 0.5) is 11.4 Å². The molecule has 6 heteroatoms. The minimum Gasteiger partial charge on any atom is -0.492 e. The summed E-state index contributed by atoms with van der Waals surface area (Å²) in [6.45, 7) is 4.17. The van der Waals surface area contributed by atoms with Crippen LogP contribution >= 0.6 is 0 Å². The van der Waals surface area contributed by atoms with E-state index in [0.717, 1.165) is 26.2 Å². The molecule has 0 amide bonds. The summed E-state index contributed by atoms with van der Waals surface area (Å²) in [5.41, 5.74) is 2.57. The lowest BCUT2D eigenvalue weighted by atomic mass is 10.1. The molecule has 3 aromatic rings. The van der Waals surface area contributed by atoms with Gasteiger partial charge in [-0.1, -0.05) is 48.5 Å². The number of para-hydroxylation sites is 1. The summed E-state index contributed by atoms with van der Waals surface area (Å²) in [7, 11) is 0. The monoisotopic (exact) mass is 403 g/mol. The topological polar surface area (TPSA) is 58.9 Å². The van der Waals surface area contributed by atoms with Gasteiger partial charge in [0.05, 0.1) is 11.0 Å². The van der Waals surface area contributed by atoms with Crippen molar-refractivity contribution in [3.8, 4) is 5.75 Å². The van der Waals surface area contributed by atoms with E-state index < -0.39 is 4.92 Å². The molecule has 0 aliphatic carbocycles. The zero-order chi connectivity index (χ0) is 20.8. The average molecular weight is 403 g/mol. The number of piperazine rings is 1. The first-order valence-corrected chi connectivity index (χ1v) is 10.1. The molecule has 0 saturated carbocycles. The smallest absolute Gasteiger partial charge is 0.269 e. The second-order valence-electron chi connectivity index (χ2n) is 7.45. The molecule has 1 aliphatic rings. The predicted octanol–water partition coefficient (Wildman–Crippen LogP) is 4.36. The van der Waals surface area contributed by atoms with Crippen molar-refractivity contribution in [2.45, 2.75) is 12.6 Å². The number of nitro benzene ring substituents is 1. The van der Waals surface area contributed by atoms with Crippen LogP contribution in [0.3, 0.4) is 0 Å². The fourth-order valence-corrected chi connectivity index (χ4v) is 3.81. The summed E-state index contributed by atoms with van der Waals surface area (Å²) in [4.78, 5) is 15.3. The van der Waals surface area contributed by atoms with Gasteiger partial charge in [-0.05, 0) is 29.8 Å². The molecule has 0 radical (unpaired) electrons. The Kier molecular flexibility index (Phi) is 6.25. The summed E-state index contributed by atoms with van der Waals surface area (Å²) in [5, 5.41) is 10.9. The van der Waals surface area contributed by atoms with Crippen molar-refractivity contribution in [2.24, 2.45) is 0 Å². The molecule has 6 nitrogen and oxygen atoms in total. The van der Waals surface area contributed by atoms with E-state index in [9.17, 15) is 10.1 Å². The zero-order valence-corrected chi connectivity index (χ0v) is 16.8. The van der Waals surface area contributed by atoms with Crippen molar-refractivity contribution in [3.63, 3.8) is 0 Å². The first-order chi connectivity index (χ1) is 14.7. The Labute approximate surface area is 176 Å². The maximum absolute atomic E-state index is 10.9. The van der Waals surface area contributed by atoms with Crippen LogP contribution in [0, 0.1) is 10.1 Å². The summed E-state index contributed by atoms with van der Waals surface area (Å²) in [6.07, 6.45) is 0. The molecule has 1 unspecified atom stereocenters. The Morgan fingerprint density at radius 2 is 1.57 bits per heavy atom. The van der Waals surface area contributed by atoms with Gasteiger partial charge >= 0.3 is 0 Å². The van der Waals surface area contributed by atoms with Crippen molar-refractivity contribution in [2.75, 3.05) is 31.1 Å². The fourth-order valence-electron chi connectivity index (χ4n) is 3.81. The van der Waals surface area contributed by atoms with Crippen LogP contribution in [0.25, 0.3) is 0 Å².